The summed E-state index contributed by atoms with van der Waals surface area (Å²) in [5, 5.41) is 6.76. The van der Waals surface area contributed by atoms with E-state index >= 15 is 0 Å². The van der Waals surface area contributed by atoms with Crippen LogP contribution in [0.5, 0.6) is 0 Å². The molecule has 2 aliphatic rings. The van der Waals surface area contributed by atoms with E-state index in [0.29, 0.717) is 17.4 Å². The minimum absolute atomic E-state index is 0.250. The predicted octanol–water partition coefficient (Wildman–Crippen LogP) is 3.10. The summed E-state index contributed by atoms with van der Waals surface area (Å²) < 4.78 is 0. The highest BCUT2D eigenvalue weighted by molar-refractivity contribution is 5.82. The second-order valence-corrected chi connectivity index (χ2v) is 8.18. The Bertz CT molecular complexity index is 333. The molecule has 0 aromatic carbocycles. The molecule has 1 aliphatic heterocycles. The minimum Gasteiger partial charge on any atom is -0.353 e. The van der Waals surface area contributed by atoms with Gasteiger partial charge in [-0.15, -0.1) is 0 Å². The van der Waals surface area contributed by atoms with Gasteiger partial charge in [0, 0.05) is 11.5 Å². The number of hydrogen-bond acceptors (Lipinski definition) is 2. The molecule has 3 heteroatoms. The van der Waals surface area contributed by atoms with Crippen LogP contribution in [0.4, 0.5) is 0 Å². The molecule has 1 saturated heterocycles. The SMILES string of the molecule is CC1(C)CCC(NC(=O)C(C)(C)C2CCCNC2)CC1. The lowest BCUT2D eigenvalue weighted by Crippen LogP contribution is -2.50. The molecule has 1 amide bonds. The maximum Gasteiger partial charge on any atom is 0.226 e. The van der Waals surface area contributed by atoms with E-state index < -0.39 is 0 Å². The van der Waals surface area contributed by atoms with Crippen LogP contribution in [0.2, 0.25) is 0 Å². The normalized spacial score (nSPS) is 28.1. The summed E-state index contributed by atoms with van der Waals surface area (Å²) in [6, 6.07) is 0.395. The molecule has 1 atom stereocenters. The number of carbonyl (C=O) groups is 1. The van der Waals surface area contributed by atoms with Gasteiger partial charge in [-0.2, -0.15) is 0 Å². The largest absolute Gasteiger partial charge is 0.353 e. The molecule has 2 fully saturated rings. The Morgan fingerprint density at radius 1 is 1.20 bits per heavy atom. The molecule has 0 bridgehead atoms. The van der Waals surface area contributed by atoms with Gasteiger partial charge in [-0.05, 0) is 62.9 Å². The molecule has 116 valence electrons. The maximum absolute atomic E-state index is 12.7. The number of hydrogen-bond donors (Lipinski definition) is 2. The van der Waals surface area contributed by atoms with Crippen molar-refractivity contribution in [2.45, 2.75) is 72.3 Å². The molecule has 0 aromatic heterocycles. The van der Waals surface area contributed by atoms with Gasteiger partial charge in [0.1, 0.15) is 0 Å². The van der Waals surface area contributed by atoms with E-state index in [4.69, 9.17) is 0 Å². The van der Waals surface area contributed by atoms with Gasteiger partial charge in [0.25, 0.3) is 0 Å². The van der Waals surface area contributed by atoms with E-state index in [1.807, 2.05) is 0 Å². The van der Waals surface area contributed by atoms with Crippen LogP contribution in [-0.2, 0) is 4.79 Å². The highest BCUT2D eigenvalue weighted by Crippen LogP contribution is 2.36. The first-order valence-electron chi connectivity index (χ1n) is 8.33. The first kappa shape index (κ1) is 15.8. The van der Waals surface area contributed by atoms with E-state index in [1.165, 1.54) is 25.7 Å². The third kappa shape index (κ3) is 3.75. The number of carbonyl (C=O) groups excluding carboxylic acids is 1. The van der Waals surface area contributed by atoms with Crippen molar-refractivity contribution in [1.82, 2.24) is 10.6 Å². The van der Waals surface area contributed by atoms with Gasteiger partial charge in [0.2, 0.25) is 5.91 Å². The van der Waals surface area contributed by atoms with Gasteiger partial charge in [0.05, 0.1) is 0 Å². The first-order chi connectivity index (χ1) is 9.31. The highest BCUT2D eigenvalue weighted by Gasteiger charge is 2.38. The first-order valence-corrected chi connectivity index (χ1v) is 8.33. The lowest BCUT2D eigenvalue weighted by atomic mass is 9.73. The Kier molecular flexibility index (Phi) is 4.78. The van der Waals surface area contributed by atoms with E-state index in [-0.39, 0.29) is 11.3 Å². The number of amides is 1. The maximum atomic E-state index is 12.7. The van der Waals surface area contributed by atoms with E-state index in [2.05, 4.69) is 38.3 Å². The summed E-state index contributed by atoms with van der Waals surface area (Å²) in [5.74, 6) is 0.729. The molecule has 1 heterocycles. The lowest BCUT2D eigenvalue weighted by Gasteiger charge is -2.39. The molecule has 2 rings (SSSR count). The van der Waals surface area contributed by atoms with Crippen molar-refractivity contribution in [3.63, 3.8) is 0 Å². The van der Waals surface area contributed by atoms with Gasteiger partial charge >= 0.3 is 0 Å². The van der Waals surface area contributed by atoms with Crippen molar-refractivity contribution in [1.29, 1.82) is 0 Å². The summed E-state index contributed by atoms with van der Waals surface area (Å²) in [4.78, 5) is 12.7. The van der Waals surface area contributed by atoms with Crippen LogP contribution >= 0.6 is 0 Å². The standard InChI is InChI=1S/C17H32N2O/c1-16(2)9-7-14(8-10-16)19-15(20)17(3,4)13-6-5-11-18-12-13/h13-14,18H,5-12H2,1-4H3,(H,19,20). The van der Waals surface area contributed by atoms with Crippen molar-refractivity contribution in [3.05, 3.63) is 0 Å². The van der Waals surface area contributed by atoms with E-state index in [9.17, 15) is 4.79 Å². The summed E-state index contributed by atoms with van der Waals surface area (Å²) in [5.41, 5.74) is 0.213. The van der Waals surface area contributed by atoms with E-state index in [1.54, 1.807) is 0 Å². The fraction of sp³-hybridized carbons (Fsp3) is 0.941. The summed E-state index contributed by atoms with van der Waals surface area (Å²) >= 11 is 0. The molecule has 0 radical (unpaired) electrons. The molecule has 2 N–H and O–H groups in total. The Labute approximate surface area is 124 Å². The van der Waals surface area contributed by atoms with Crippen LogP contribution in [0, 0.1) is 16.7 Å². The Balaban J connectivity index is 1.87. The zero-order valence-corrected chi connectivity index (χ0v) is 13.7. The smallest absolute Gasteiger partial charge is 0.226 e. The van der Waals surface area contributed by atoms with Crippen LogP contribution in [0.25, 0.3) is 0 Å². The molecule has 0 aromatic rings. The molecule has 20 heavy (non-hydrogen) atoms. The second-order valence-electron chi connectivity index (χ2n) is 8.18. The Hall–Kier alpha value is -0.570. The van der Waals surface area contributed by atoms with Crippen molar-refractivity contribution < 1.29 is 4.79 Å². The van der Waals surface area contributed by atoms with Gasteiger partial charge in [-0.25, -0.2) is 0 Å². The van der Waals surface area contributed by atoms with E-state index in [0.717, 1.165) is 25.9 Å². The number of piperidine rings is 1. The van der Waals surface area contributed by atoms with Crippen LogP contribution in [0.3, 0.4) is 0 Å². The van der Waals surface area contributed by atoms with Crippen molar-refractivity contribution in [3.8, 4) is 0 Å². The molecular weight excluding hydrogens is 248 g/mol. The fourth-order valence-electron chi connectivity index (χ4n) is 3.57. The van der Waals surface area contributed by atoms with Crippen LogP contribution < -0.4 is 10.6 Å². The van der Waals surface area contributed by atoms with Gasteiger partial charge < -0.3 is 10.6 Å². The topological polar surface area (TPSA) is 41.1 Å². The third-order valence-corrected chi connectivity index (χ3v) is 5.58. The van der Waals surface area contributed by atoms with Crippen molar-refractivity contribution >= 4 is 5.91 Å². The predicted molar refractivity (Wildman–Crippen MR) is 83.6 cm³/mol. The van der Waals surface area contributed by atoms with Crippen molar-refractivity contribution in [2.24, 2.45) is 16.7 Å². The fourth-order valence-corrected chi connectivity index (χ4v) is 3.57. The molecule has 0 spiro atoms. The highest BCUT2D eigenvalue weighted by atomic mass is 16.2. The Morgan fingerprint density at radius 2 is 1.85 bits per heavy atom. The van der Waals surface area contributed by atoms with Gasteiger partial charge in [0.15, 0.2) is 0 Å². The molecule has 1 saturated carbocycles. The average Bonchev–Trinajstić information content (AvgIpc) is 2.42. The monoisotopic (exact) mass is 280 g/mol. The van der Waals surface area contributed by atoms with Crippen LogP contribution in [0.1, 0.15) is 66.2 Å². The second kappa shape index (κ2) is 6.05. The summed E-state index contributed by atoms with van der Waals surface area (Å²) in [6.07, 6.45) is 7.09. The Morgan fingerprint density at radius 3 is 2.40 bits per heavy atom. The van der Waals surface area contributed by atoms with Crippen molar-refractivity contribution in [2.75, 3.05) is 13.1 Å². The lowest BCUT2D eigenvalue weighted by molar-refractivity contribution is -0.133. The number of rotatable bonds is 3. The van der Waals surface area contributed by atoms with Crippen LogP contribution in [-0.4, -0.2) is 25.0 Å². The molecule has 1 unspecified atom stereocenters. The average molecular weight is 280 g/mol. The molecule has 3 nitrogen and oxygen atoms in total. The number of nitrogens with one attached hydrogen (secondary N) is 2. The summed E-state index contributed by atoms with van der Waals surface area (Å²) in [6.45, 7) is 11.0. The minimum atomic E-state index is -0.250. The van der Waals surface area contributed by atoms with Gasteiger partial charge in [-0.3, -0.25) is 4.79 Å². The van der Waals surface area contributed by atoms with Gasteiger partial charge in [-0.1, -0.05) is 27.7 Å². The summed E-state index contributed by atoms with van der Waals surface area (Å²) in [7, 11) is 0. The molecular formula is C17H32N2O. The quantitative estimate of drug-likeness (QED) is 0.834. The van der Waals surface area contributed by atoms with Crippen LogP contribution in [0.15, 0.2) is 0 Å². The zero-order chi connectivity index (χ0) is 14.8. The third-order valence-electron chi connectivity index (χ3n) is 5.58. The molecule has 1 aliphatic carbocycles. The zero-order valence-electron chi connectivity index (χ0n) is 13.7.